The fourth-order valence-corrected chi connectivity index (χ4v) is 4.24. The van der Waals surface area contributed by atoms with Crippen LogP contribution in [0.25, 0.3) is 11.3 Å². The lowest BCUT2D eigenvalue weighted by molar-refractivity contribution is 0.248. The van der Waals surface area contributed by atoms with E-state index in [-0.39, 0.29) is 5.82 Å². The van der Waals surface area contributed by atoms with Gasteiger partial charge in [0.05, 0.1) is 11.4 Å². The largest absolute Gasteiger partial charge is 0.207 e. The molecule has 1 aromatic heterocycles. The molecule has 0 aliphatic heterocycles. The molecule has 3 heteroatoms. The Kier molecular flexibility index (Phi) is 7.37. The van der Waals surface area contributed by atoms with Crippen molar-refractivity contribution < 1.29 is 4.39 Å². The minimum atomic E-state index is -0.191. The Balaban J connectivity index is 1.45. The van der Waals surface area contributed by atoms with Crippen molar-refractivity contribution in [3.63, 3.8) is 0 Å². The second-order valence-electron chi connectivity index (χ2n) is 8.30. The molecule has 0 spiro atoms. The monoisotopic (exact) mass is 368 g/mol. The van der Waals surface area contributed by atoms with Gasteiger partial charge in [-0.1, -0.05) is 70.4 Å². The average Bonchev–Trinajstić information content (AvgIpc) is 2.70. The van der Waals surface area contributed by atoms with E-state index in [0.29, 0.717) is 5.56 Å². The zero-order valence-corrected chi connectivity index (χ0v) is 16.9. The third-order valence-electron chi connectivity index (χ3n) is 6.18. The van der Waals surface area contributed by atoms with E-state index in [1.165, 1.54) is 63.9 Å². The van der Waals surface area contributed by atoms with Crippen LogP contribution in [0.1, 0.15) is 76.0 Å². The Bertz CT molecular complexity index is 703. The van der Waals surface area contributed by atoms with Crippen LogP contribution in [0.3, 0.4) is 0 Å². The van der Waals surface area contributed by atoms with Gasteiger partial charge in [-0.3, -0.25) is 0 Å². The first kappa shape index (κ1) is 20.0. The van der Waals surface area contributed by atoms with Crippen molar-refractivity contribution >= 4 is 0 Å². The highest BCUT2D eigenvalue weighted by molar-refractivity contribution is 5.59. The third kappa shape index (κ3) is 5.85. The molecule has 1 heterocycles. The quantitative estimate of drug-likeness (QED) is 0.473. The van der Waals surface area contributed by atoms with Gasteiger partial charge in [-0.2, -0.15) is 10.2 Å². The molecule has 0 atom stereocenters. The van der Waals surface area contributed by atoms with E-state index in [4.69, 9.17) is 0 Å². The van der Waals surface area contributed by atoms with Crippen LogP contribution in [0.4, 0.5) is 4.39 Å². The number of halogens is 1. The number of aryl methyl sites for hydroxylation is 2. The van der Waals surface area contributed by atoms with Crippen molar-refractivity contribution in [2.75, 3.05) is 0 Å². The van der Waals surface area contributed by atoms with Gasteiger partial charge in [0.1, 0.15) is 5.82 Å². The highest BCUT2D eigenvalue weighted by Crippen LogP contribution is 2.34. The van der Waals surface area contributed by atoms with Gasteiger partial charge in [-0.15, -0.1) is 0 Å². The predicted molar refractivity (Wildman–Crippen MR) is 110 cm³/mol. The molecule has 0 amide bonds. The normalized spacial score (nSPS) is 20.0. The summed E-state index contributed by atoms with van der Waals surface area (Å²) in [6, 6.07) is 9.26. The lowest BCUT2D eigenvalue weighted by Gasteiger charge is -2.28. The summed E-state index contributed by atoms with van der Waals surface area (Å²) in [4.78, 5) is 0. The van der Waals surface area contributed by atoms with E-state index in [1.807, 2.05) is 12.1 Å². The van der Waals surface area contributed by atoms with Crippen molar-refractivity contribution in [3.8, 4) is 11.3 Å². The topological polar surface area (TPSA) is 25.8 Å². The molecule has 27 heavy (non-hydrogen) atoms. The third-order valence-corrected chi connectivity index (χ3v) is 6.18. The van der Waals surface area contributed by atoms with Crippen LogP contribution in [-0.2, 0) is 6.42 Å². The maximum absolute atomic E-state index is 13.7. The maximum atomic E-state index is 13.7. The Labute approximate surface area is 163 Å². The van der Waals surface area contributed by atoms with Crippen molar-refractivity contribution in [2.24, 2.45) is 11.8 Å². The van der Waals surface area contributed by atoms with E-state index in [0.717, 1.165) is 35.2 Å². The van der Waals surface area contributed by atoms with Crippen LogP contribution in [0.2, 0.25) is 0 Å². The first-order valence-corrected chi connectivity index (χ1v) is 10.7. The number of rotatable bonds is 8. The van der Waals surface area contributed by atoms with Gasteiger partial charge < -0.3 is 0 Å². The molecule has 1 aromatic carbocycles. The summed E-state index contributed by atoms with van der Waals surface area (Å²) in [6.07, 6.45) is 13.4. The Morgan fingerprint density at radius 3 is 2.30 bits per heavy atom. The molecule has 0 bridgehead atoms. The van der Waals surface area contributed by atoms with Gasteiger partial charge in [0, 0.05) is 5.56 Å². The summed E-state index contributed by atoms with van der Waals surface area (Å²) in [5.74, 6) is 1.63. The van der Waals surface area contributed by atoms with E-state index in [9.17, 15) is 4.39 Å². The van der Waals surface area contributed by atoms with Crippen molar-refractivity contribution in [1.29, 1.82) is 0 Å². The van der Waals surface area contributed by atoms with Crippen molar-refractivity contribution in [2.45, 2.75) is 78.1 Å². The lowest BCUT2D eigenvalue weighted by Crippen LogP contribution is -2.15. The summed E-state index contributed by atoms with van der Waals surface area (Å²) in [7, 11) is 0. The van der Waals surface area contributed by atoms with Gasteiger partial charge in [0.15, 0.2) is 0 Å². The molecule has 3 rings (SSSR count). The molecular weight excluding hydrogens is 335 g/mol. The number of benzene rings is 1. The molecule has 2 aromatic rings. The van der Waals surface area contributed by atoms with Crippen LogP contribution in [0.15, 0.2) is 30.3 Å². The minimum Gasteiger partial charge on any atom is -0.207 e. The Morgan fingerprint density at radius 1 is 0.926 bits per heavy atom. The van der Waals surface area contributed by atoms with Gasteiger partial charge in [0.25, 0.3) is 0 Å². The Morgan fingerprint density at radius 2 is 1.67 bits per heavy atom. The fraction of sp³-hybridized carbons (Fsp3) is 0.583. The molecule has 146 valence electrons. The molecule has 0 unspecified atom stereocenters. The second kappa shape index (κ2) is 9.96. The van der Waals surface area contributed by atoms with Crippen molar-refractivity contribution in [1.82, 2.24) is 10.2 Å². The van der Waals surface area contributed by atoms with E-state index in [1.54, 1.807) is 13.0 Å². The standard InChI is InChI=1S/C24H33FN2/c1-3-4-5-6-19-8-10-20(11-9-19)12-14-22-15-16-24(27-26-22)21-13-7-18(2)23(25)17-21/h7,13,15-17,19-20H,3-6,8-12,14H2,1-2H3. The molecule has 1 saturated carbocycles. The molecular formula is C24H33FN2. The lowest BCUT2D eigenvalue weighted by atomic mass is 9.78. The van der Waals surface area contributed by atoms with Crippen LogP contribution in [-0.4, -0.2) is 10.2 Å². The Hall–Kier alpha value is -1.77. The highest BCUT2D eigenvalue weighted by Gasteiger charge is 2.20. The summed E-state index contributed by atoms with van der Waals surface area (Å²) in [5, 5.41) is 8.70. The van der Waals surface area contributed by atoms with Crippen LogP contribution in [0.5, 0.6) is 0 Å². The zero-order valence-electron chi connectivity index (χ0n) is 16.9. The molecule has 1 fully saturated rings. The predicted octanol–water partition coefficient (Wildman–Crippen LogP) is 6.91. The summed E-state index contributed by atoms with van der Waals surface area (Å²) >= 11 is 0. The number of aromatic nitrogens is 2. The molecule has 2 nitrogen and oxygen atoms in total. The van der Waals surface area contributed by atoms with Gasteiger partial charge >= 0.3 is 0 Å². The summed E-state index contributed by atoms with van der Waals surface area (Å²) < 4.78 is 13.7. The number of nitrogens with zero attached hydrogens (tertiary/aromatic N) is 2. The molecule has 1 aliphatic carbocycles. The SMILES string of the molecule is CCCCCC1CCC(CCc2ccc(-c3ccc(C)c(F)c3)nn2)CC1. The number of hydrogen-bond donors (Lipinski definition) is 0. The highest BCUT2D eigenvalue weighted by atomic mass is 19.1. The van der Waals surface area contributed by atoms with E-state index < -0.39 is 0 Å². The van der Waals surface area contributed by atoms with Gasteiger partial charge in [-0.25, -0.2) is 4.39 Å². The second-order valence-corrected chi connectivity index (χ2v) is 8.30. The minimum absolute atomic E-state index is 0.191. The van der Waals surface area contributed by atoms with Gasteiger partial charge in [0.2, 0.25) is 0 Å². The van der Waals surface area contributed by atoms with Crippen LogP contribution < -0.4 is 0 Å². The first-order chi connectivity index (χ1) is 13.2. The smallest absolute Gasteiger partial charge is 0.126 e. The summed E-state index contributed by atoms with van der Waals surface area (Å²) in [6.45, 7) is 4.05. The van der Waals surface area contributed by atoms with Crippen LogP contribution in [0, 0.1) is 24.6 Å². The number of unbranched alkanes of at least 4 members (excludes halogenated alkanes) is 2. The first-order valence-electron chi connectivity index (χ1n) is 10.7. The van der Waals surface area contributed by atoms with Crippen molar-refractivity contribution in [3.05, 3.63) is 47.4 Å². The molecule has 0 saturated heterocycles. The summed E-state index contributed by atoms with van der Waals surface area (Å²) in [5.41, 5.74) is 3.24. The molecule has 0 N–H and O–H groups in total. The van der Waals surface area contributed by atoms with E-state index in [2.05, 4.69) is 23.2 Å². The zero-order chi connectivity index (χ0) is 19.1. The number of hydrogen-bond acceptors (Lipinski definition) is 2. The molecule has 1 aliphatic rings. The molecule has 0 radical (unpaired) electrons. The fourth-order valence-electron chi connectivity index (χ4n) is 4.24. The van der Waals surface area contributed by atoms with Gasteiger partial charge in [-0.05, 0) is 55.4 Å². The average molecular weight is 369 g/mol. The maximum Gasteiger partial charge on any atom is 0.126 e. The van der Waals surface area contributed by atoms with E-state index >= 15 is 0 Å². The van der Waals surface area contributed by atoms with Crippen LogP contribution >= 0.6 is 0 Å².